The quantitative estimate of drug-likeness (QED) is 0.233. The Balaban J connectivity index is 1.69. The lowest BCUT2D eigenvalue weighted by Gasteiger charge is -2.16. The van der Waals surface area contributed by atoms with Crippen LogP contribution in [-0.2, 0) is 28.1 Å². The summed E-state index contributed by atoms with van der Waals surface area (Å²) in [6.45, 7) is 13.3. The Morgan fingerprint density at radius 2 is 0.897 bits per heavy atom. The lowest BCUT2D eigenvalue weighted by Crippen LogP contribution is -2.27. The number of ether oxygens (including phenoxy) is 6. The third kappa shape index (κ3) is 18.7. The molecule has 0 aliphatic heterocycles. The van der Waals surface area contributed by atoms with Gasteiger partial charge in [-0.25, -0.2) is 0 Å². The van der Waals surface area contributed by atoms with E-state index in [2.05, 4.69) is 19.6 Å². The lowest BCUT2D eigenvalue weighted by molar-refractivity contribution is -0.0143. The number of benzene rings is 1. The maximum absolute atomic E-state index is 5.70. The van der Waals surface area contributed by atoms with Gasteiger partial charge in [0.2, 0.25) is 0 Å². The summed E-state index contributed by atoms with van der Waals surface area (Å²) in [7, 11) is -1.43. The van der Waals surface area contributed by atoms with Crippen LogP contribution in [0.1, 0.15) is 0 Å². The monoisotopic (exact) mass is 430 g/mol. The van der Waals surface area contributed by atoms with E-state index in [1.165, 1.54) is 0 Å². The molecule has 0 bridgehead atoms. The molecule has 1 aromatic carbocycles. The van der Waals surface area contributed by atoms with E-state index in [1.807, 2.05) is 30.3 Å². The standard InChI is InChI=1S/C21H38O7Si/c1-29(2,3)28-20-18-26-16-14-24-12-10-22-9-11-23-13-15-25-17-19-27-21-7-5-4-6-8-21/h4-8H,9-20H2,1-3H3. The van der Waals surface area contributed by atoms with Gasteiger partial charge in [0.05, 0.1) is 72.7 Å². The molecule has 0 saturated heterocycles. The van der Waals surface area contributed by atoms with Crippen LogP contribution in [0.15, 0.2) is 30.3 Å². The second-order valence-corrected chi connectivity index (χ2v) is 11.7. The van der Waals surface area contributed by atoms with Crippen LogP contribution in [0, 0.1) is 0 Å². The molecular weight excluding hydrogens is 392 g/mol. The van der Waals surface area contributed by atoms with E-state index in [1.54, 1.807) is 0 Å². The van der Waals surface area contributed by atoms with Crippen LogP contribution < -0.4 is 4.74 Å². The van der Waals surface area contributed by atoms with Crippen LogP contribution in [0.25, 0.3) is 0 Å². The van der Waals surface area contributed by atoms with E-state index < -0.39 is 8.32 Å². The Kier molecular flexibility index (Phi) is 16.0. The fourth-order valence-corrected chi connectivity index (χ4v) is 2.82. The van der Waals surface area contributed by atoms with Crippen molar-refractivity contribution < 1.29 is 32.8 Å². The summed E-state index contributed by atoms with van der Waals surface area (Å²) in [5, 5.41) is 0. The summed E-state index contributed by atoms with van der Waals surface area (Å²) < 4.78 is 38.5. The summed E-state index contributed by atoms with van der Waals surface area (Å²) in [6.07, 6.45) is 0. The van der Waals surface area contributed by atoms with Gasteiger partial charge in [-0.05, 0) is 31.8 Å². The van der Waals surface area contributed by atoms with E-state index >= 15 is 0 Å². The van der Waals surface area contributed by atoms with Gasteiger partial charge < -0.3 is 32.8 Å². The Labute approximate surface area is 176 Å². The fourth-order valence-electron chi connectivity index (χ4n) is 2.12. The molecule has 1 aromatic rings. The number of para-hydroxylation sites is 1. The van der Waals surface area contributed by atoms with Crippen molar-refractivity contribution in [1.29, 1.82) is 0 Å². The van der Waals surface area contributed by atoms with Gasteiger partial charge in [0.15, 0.2) is 8.32 Å². The molecule has 0 N–H and O–H groups in total. The molecule has 0 saturated carbocycles. The molecular formula is C21H38O7Si. The number of hydrogen-bond donors (Lipinski definition) is 0. The predicted octanol–water partition coefficient (Wildman–Crippen LogP) is 3.00. The Bertz CT molecular complexity index is 468. The van der Waals surface area contributed by atoms with Crippen LogP contribution in [0.5, 0.6) is 5.75 Å². The van der Waals surface area contributed by atoms with Crippen molar-refractivity contribution >= 4 is 8.32 Å². The summed E-state index contributed by atoms with van der Waals surface area (Å²) in [5.41, 5.74) is 0. The normalized spacial score (nSPS) is 11.7. The van der Waals surface area contributed by atoms with Gasteiger partial charge in [0.1, 0.15) is 12.4 Å². The molecule has 168 valence electrons. The van der Waals surface area contributed by atoms with E-state index in [0.29, 0.717) is 79.3 Å². The molecule has 0 spiro atoms. The largest absolute Gasteiger partial charge is 0.491 e. The predicted molar refractivity (Wildman–Crippen MR) is 115 cm³/mol. The van der Waals surface area contributed by atoms with Gasteiger partial charge >= 0.3 is 0 Å². The van der Waals surface area contributed by atoms with E-state index in [9.17, 15) is 0 Å². The highest BCUT2D eigenvalue weighted by Gasteiger charge is 2.12. The topological polar surface area (TPSA) is 64.6 Å². The molecule has 0 unspecified atom stereocenters. The molecule has 0 aliphatic carbocycles. The van der Waals surface area contributed by atoms with Gasteiger partial charge in [-0.2, -0.15) is 0 Å². The first-order valence-corrected chi connectivity index (χ1v) is 13.7. The van der Waals surface area contributed by atoms with Crippen LogP contribution in [0.3, 0.4) is 0 Å². The van der Waals surface area contributed by atoms with Crippen molar-refractivity contribution in [2.45, 2.75) is 19.6 Å². The van der Waals surface area contributed by atoms with Crippen molar-refractivity contribution in [3.05, 3.63) is 30.3 Å². The molecule has 0 heterocycles. The Hall–Kier alpha value is -1.00. The highest BCUT2D eigenvalue weighted by Crippen LogP contribution is 2.07. The van der Waals surface area contributed by atoms with Crippen molar-refractivity contribution in [2.24, 2.45) is 0 Å². The maximum atomic E-state index is 5.70. The smallest absolute Gasteiger partial charge is 0.183 e. The molecule has 29 heavy (non-hydrogen) atoms. The molecule has 0 atom stereocenters. The molecule has 8 heteroatoms. The molecule has 7 nitrogen and oxygen atoms in total. The van der Waals surface area contributed by atoms with Crippen molar-refractivity contribution in [3.8, 4) is 5.75 Å². The Morgan fingerprint density at radius 3 is 1.31 bits per heavy atom. The molecule has 0 radical (unpaired) electrons. The zero-order chi connectivity index (χ0) is 21.0. The molecule has 0 aromatic heterocycles. The van der Waals surface area contributed by atoms with Gasteiger partial charge in [0, 0.05) is 0 Å². The third-order valence-corrected chi connectivity index (χ3v) is 4.56. The first-order valence-electron chi connectivity index (χ1n) is 10.3. The van der Waals surface area contributed by atoms with Crippen LogP contribution in [0.4, 0.5) is 0 Å². The minimum absolute atomic E-state index is 0.532. The van der Waals surface area contributed by atoms with Crippen molar-refractivity contribution in [1.82, 2.24) is 0 Å². The Morgan fingerprint density at radius 1 is 0.517 bits per heavy atom. The van der Waals surface area contributed by atoms with Crippen LogP contribution in [0.2, 0.25) is 19.6 Å². The molecule has 0 aliphatic rings. The van der Waals surface area contributed by atoms with Gasteiger partial charge in [-0.3, -0.25) is 0 Å². The lowest BCUT2D eigenvalue weighted by atomic mass is 10.3. The molecule has 1 rings (SSSR count). The first kappa shape index (κ1) is 26.0. The van der Waals surface area contributed by atoms with E-state index in [0.717, 1.165) is 5.75 Å². The minimum atomic E-state index is -1.43. The van der Waals surface area contributed by atoms with Gasteiger partial charge in [0.25, 0.3) is 0 Å². The average molecular weight is 431 g/mol. The second-order valence-electron chi connectivity index (χ2n) is 7.18. The SMILES string of the molecule is C[Si](C)(C)OCCOCCOCCOCCOCCOCCOc1ccccc1. The zero-order valence-electron chi connectivity index (χ0n) is 18.2. The molecule has 0 fully saturated rings. The number of hydrogen-bond acceptors (Lipinski definition) is 7. The third-order valence-electron chi connectivity index (χ3n) is 3.49. The van der Waals surface area contributed by atoms with Gasteiger partial charge in [-0.1, -0.05) is 18.2 Å². The van der Waals surface area contributed by atoms with Crippen LogP contribution >= 0.6 is 0 Å². The highest BCUT2D eigenvalue weighted by molar-refractivity contribution is 6.69. The average Bonchev–Trinajstić information content (AvgIpc) is 2.69. The summed E-state index contributed by atoms with van der Waals surface area (Å²) in [6, 6.07) is 9.70. The fraction of sp³-hybridized carbons (Fsp3) is 0.714. The summed E-state index contributed by atoms with van der Waals surface area (Å²) in [5.74, 6) is 0.855. The van der Waals surface area contributed by atoms with Gasteiger partial charge in [-0.15, -0.1) is 0 Å². The highest BCUT2D eigenvalue weighted by atomic mass is 28.4. The van der Waals surface area contributed by atoms with Crippen molar-refractivity contribution in [3.63, 3.8) is 0 Å². The second kappa shape index (κ2) is 17.8. The van der Waals surface area contributed by atoms with Crippen LogP contribution in [-0.4, -0.2) is 87.6 Å². The van der Waals surface area contributed by atoms with Crippen molar-refractivity contribution in [2.75, 3.05) is 79.3 Å². The minimum Gasteiger partial charge on any atom is -0.491 e. The zero-order valence-corrected chi connectivity index (χ0v) is 19.2. The molecule has 0 amide bonds. The summed E-state index contributed by atoms with van der Waals surface area (Å²) >= 11 is 0. The maximum Gasteiger partial charge on any atom is 0.183 e. The van der Waals surface area contributed by atoms with E-state index in [-0.39, 0.29) is 0 Å². The van der Waals surface area contributed by atoms with E-state index in [4.69, 9.17) is 32.8 Å². The first-order chi connectivity index (χ1) is 14.1. The number of rotatable bonds is 20. The summed E-state index contributed by atoms with van der Waals surface area (Å²) in [4.78, 5) is 0.